The SMILES string of the molecule is O=C(CCCCCC1CCN(C(=O)c2csc(-c3cccnc3)n2)CC1)C1=CC2CC=NC=C2S1. The van der Waals surface area contributed by atoms with Crippen molar-refractivity contribution in [2.75, 3.05) is 13.1 Å². The van der Waals surface area contributed by atoms with Gasteiger partial charge in [-0.05, 0) is 43.7 Å². The first kappa shape index (κ1) is 24.1. The molecule has 0 saturated carbocycles. The van der Waals surface area contributed by atoms with Crippen LogP contribution in [0, 0.1) is 11.8 Å². The average Bonchev–Trinajstić information content (AvgIpc) is 3.57. The lowest BCUT2D eigenvalue weighted by Gasteiger charge is -2.31. The number of unbranched alkanes of at least 4 members (excludes halogenated alkanes) is 2. The predicted molar refractivity (Wildman–Crippen MR) is 142 cm³/mol. The van der Waals surface area contributed by atoms with Gasteiger partial charge < -0.3 is 4.90 Å². The van der Waals surface area contributed by atoms with Gasteiger partial charge in [0.2, 0.25) is 0 Å². The third kappa shape index (κ3) is 5.98. The topological polar surface area (TPSA) is 75.5 Å². The van der Waals surface area contributed by atoms with Crippen LogP contribution in [0.3, 0.4) is 0 Å². The van der Waals surface area contributed by atoms with Crippen molar-refractivity contribution in [3.63, 3.8) is 0 Å². The van der Waals surface area contributed by atoms with Crippen molar-refractivity contribution in [3.05, 3.63) is 57.7 Å². The first-order valence-electron chi connectivity index (χ1n) is 12.5. The molecule has 182 valence electrons. The van der Waals surface area contributed by atoms with Gasteiger partial charge in [-0.15, -0.1) is 11.3 Å². The van der Waals surface area contributed by atoms with E-state index in [0.29, 0.717) is 24.0 Å². The lowest BCUT2D eigenvalue weighted by Crippen LogP contribution is -2.38. The summed E-state index contributed by atoms with van der Waals surface area (Å²) >= 11 is 3.10. The van der Waals surface area contributed by atoms with Gasteiger partial charge in [0, 0.05) is 66.1 Å². The summed E-state index contributed by atoms with van der Waals surface area (Å²) in [6.07, 6.45) is 17.5. The summed E-state index contributed by atoms with van der Waals surface area (Å²) in [4.78, 5) is 42.4. The summed E-state index contributed by atoms with van der Waals surface area (Å²) in [5, 5.41) is 2.69. The molecule has 3 aliphatic rings. The van der Waals surface area contributed by atoms with Gasteiger partial charge in [-0.3, -0.25) is 19.6 Å². The Bertz CT molecular complexity index is 1150. The van der Waals surface area contributed by atoms with Crippen LogP contribution in [0.4, 0.5) is 0 Å². The number of carbonyl (C=O) groups is 2. The Hall–Kier alpha value is -2.58. The summed E-state index contributed by atoms with van der Waals surface area (Å²) in [5.74, 6) is 1.35. The van der Waals surface area contributed by atoms with E-state index in [9.17, 15) is 9.59 Å². The molecule has 0 aliphatic carbocycles. The number of piperidine rings is 1. The third-order valence-corrected chi connectivity index (χ3v) is 9.06. The number of pyridine rings is 1. The molecule has 1 atom stereocenters. The third-order valence-electron chi connectivity index (χ3n) is 6.94. The lowest BCUT2D eigenvalue weighted by molar-refractivity contribution is -0.115. The molecular formula is C27H30N4O2S2. The smallest absolute Gasteiger partial charge is 0.273 e. The minimum Gasteiger partial charge on any atom is -0.337 e. The van der Waals surface area contributed by atoms with Gasteiger partial charge in [0.25, 0.3) is 5.91 Å². The maximum Gasteiger partial charge on any atom is 0.273 e. The number of nitrogens with zero attached hydrogens (tertiary/aromatic N) is 4. The molecule has 0 spiro atoms. The van der Waals surface area contributed by atoms with E-state index in [-0.39, 0.29) is 11.7 Å². The highest BCUT2D eigenvalue weighted by atomic mass is 32.2. The number of thioether (sulfide) groups is 1. The number of thiazole rings is 1. The molecule has 0 radical (unpaired) electrons. The summed E-state index contributed by atoms with van der Waals surface area (Å²) in [7, 11) is 0. The molecule has 3 aliphatic heterocycles. The number of aliphatic imine (C=N–C) groups is 1. The molecule has 0 bridgehead atoms. The predicted octanol–water partition coefficient (Wildman–Crippen LogP) is 6.14. The molecule has 1 saturated heterocycles. The van der Waals surface area contributed by atoms with Crippen molar-refractivity contribution in [2.45, 2.75) is 51.4 Å². The van der Waals surface area contributed by atoms with Crippen LogP contribution in [0.2, 0.25) is 0 Å². The molecular weight excluding hydrogens is 476 g/mol. The van der Waals surface area contributed by atoms with Gasteiger partial charge >= 0.3 is 0 Å². The fourth-order valence-corrected chi connectivity index (χ4v) is 6.77. The second-order valence-electron chi connectivity index (χ2n) is 9.38. The normalized spacial score (nSPS) is 19.9. The number of rotatable bonds is 9. The number of hydrogen-bond donors (Lipinski definition) is 0. The molecule has 35 heavy (non-hydrogen) atoms. The summed E-state index contributed by atoms with van der Waals surface area (Å²) < 4.78 is 0. The number of fused-ring (bicyclic) bond motifs is 1. The highest BCUT2D eigenvalue weighted by Gasteiger charge is 2.27. The number of allylic oxidation sites excluding steroid dienone is 3. The first-order chi connectivity index (χ1) is 17.2. The number of carbonyl (C=O) groups excluding carboxylic acids is 2. The van der Waals surface area contributed by atoms with Crippen LogP contribution in [0.5, 0.6) is 0 Å². The van der Waals surface area contributed by atoms with Crippen molar-refractivity contribution in [3.8, 4) is 10.6 Å². The highest BCUT2D eigenvalue weighted by Crippen LogP contribution is 2.43. The second kappa shape index (κ2) is 11.4. The van der Waals surface area contributed by atoms with E-state index < -0.39 is 0 Å². The Morgan fingerprint density at radius 3 is 2.83 bits per heavy atom. The fraction of sp³-hybridized carbons (Fsp3) is 0.444. The van der Waals surface area contributed by atoms with Gasteiger partial charge in [0.1, 0.15) is 10.7 Å². The van der Waals surface area contributed by atoms with E-state index in [0.717, 1.165) is 67.1 Å². The molecule has 2 aromatic heterocycles. The van der Waals surface area contributed by atoms with E-state index in [2.05, 4.69) is 21.0 Å². The van der Waals surface area contributed by atoms with Crippen molar-refractivity contribution in [2.24, 2.45) is 16.8 Å². The maximum absolute atomic E-state index is 12.9. The maximum atomic E-state index is 12.9. The van der Waals surface area contributed by atoms with Crippen molar-refractivity contribution in [1.29, 1.82) is 0 Å². The van der Waals surface area contributed by atoms with E-state index in [1.165, 1.54) is 22.7 Å². The van der Waals surface area contributed by atoms with Crippen LogP contribution >= 0.6 is 23.1 Å². The highest BCUT2D eigenvalue weighted by molar-refractivity contribution is 8.07. The Morgan fingerprint density at radius 2 is 2.03 bits per heavy atom. The summed E-state index contributed by atoms with van der Waals surface area (Å²) in [6, 6.07) is 3.84. The second-order valence-corrected chi connectivity index (χ2v) is 11.3. The number of hydrogen-bond acceptors (Lipinski definition) is 7. The van der Waals surface area contributed by atoms with E-state index in [1.807, 2.05) is 34.8 Å². The Morgan fingerprint density at radius 1 is 1.14 bits per heavy atom. The molecule has 5 rings (SSSR count). The van der Waals surface area contributed by atoms with Crippen molar-refractivity contribution in [1.82, 2.24) is 14.9 Å². The number of likely N-dealkylation sites (tertiary alicyclic amines) is 1. The number of ketones is 1. The Kier molecular flexibility index (Phi) is 7.88. The zero-order valence-corrected chi connectivity index (χ0v) is 21.4. The minimum atomic E-state index is 0.0367. The quantitative estimate of drug-likeness (QED) is 0.382. The molecule has 2 aromatic rings. The molecule has 1 unspecified atom stereocenters. The largest absolute Gasteiger partial charge is 0.337 e. The summed E-state index contributed by atoms with van der Waals surface area (Å²) in [5.41, 5.74) is 1.48. The van der Waals surface area contributed by atoms with Crippen LogP contribution in [0.1, 0.15) is 61.9 Å². The zero-order valence-electron chi connectivity index (χ0n) is 19.8. The number of aromatic nitrogens is 2. The van der Waals surface area contributed by atoms with Gasteiger partial charge in [0.15, 0.2) is 5.78 Å². The fourth-order valence-electron chi connectivity index (χ4n) is 4.86. The van der Waals surface area contributed by atoms with Gasteiger partial charge in [-0.2, -0.15) is 0 Å². The average molecular weight is 507 g/mol. The Balaban J connectivity index is 0.987. The van der Waals surface area contributed by atoms with Crippen LogP contribution in [-0.2, 0) is 4.79 Å². The molecule has 8 heteroatoms. The molecule has 5 heterocycles. The van der Waals surface area contributed by atoms with E-state index in [4.69, 9.17) is 0 Å². The van der Waals surface area contributed by atoms with Crippen molar-refractivity contribution >= 4 is 41.0 Å². The molecule has 0 aromatic carbocycles. The van der Waals surface area contributed by atoms with Crippen LogP contribution in [0.15, 0.2) is 57.0 Å². The standard InChI is InChI=1S/C27H30N4O2S2/c32-23(24-15-20-8-12-29-17-25(20)35-24)7-3-1-2-5-19-9-13-31(14-10-19)27(33)22-18-34-26(30-22)21-6-4-11-28-16-21/h4,6,11-12,15-20H,1-3,5,7-10,13-14H2. The summed E-state index contributed by atoms with van der Waals surface area (Å²) in [6.45, 7) is 1.60. The molecule has 6 nitrogen and oxygen atoms in total. The van der Waals surface area contributed by atoms with Crippen LogP contribution < -0.4 is 0 Å². The zero-order chi connectivity index (χ0) is 24.0. The minimum absolute atomic E-state index is 0.0367. The number of amides is 1. The molecule has 0 N–H and O–H groups in total. The van der Waals surface area contributed by atoms with Gasteiger partial charge in [-0.1, -0.05) is 37.1 Å². The van der Waals surface area contributed by atoms with Crippen molar-refractivity contribution < 1.29 is 9.59 Å². The van der Waals surface area contributed by atoms with E-state index >= 15 is 0 Å². The lowest BCUT2D eigenvalue weighted by atomic mass is 9.91. The monoisotopic (exact) mass is 506 g/mol. The van der Waals surface area contributed by atoms with Crippen LogP contribution in [-0.4, -0.2) is 45.9 Å². The number of Topliss-reactive ketones (excluding diaryl/α,β-unsaturated/α-hetero) is 1. The van der Waals surface area contributed by atoms with E-state index in [1.54, 1.807) is 24.2 Å². The molecule has 1 amide bonds. The van der Waals surface area contributed by atoms with Gasteiger partial charge in [0.05, 0.1) is 4.91 Å². The first-order valence-corrected chi connectivity index (χ1v) is 14.2. The van der Waals surface area contributed by atoms with Crippen LogP contribution in [0.25, 0.3) is 10.6 Å². The Labute approximate surface area is 214 Å². The van der Waals surface area contributed by atoms with Gasteiger partial charge in [-0.25, -0.2) is 4.98 Å². The molecule has 1 fully saturated rings.